The second-order valence-electron chi connectivity index (χ2n) is 7.11. The Bertz CT molecular complexity index is 524. The van der Waals surface area contributed by atoms with Gasteiger partial charge in [-0.25, -0.2) is 0 Å². The highest BCUT2D eigenvalue weighted by molar-refractivity contribution is 14.0. The maximum absolute atomic E-state index is 5.99. The van der Waals surface area contributed by atoms with Gasteiger partial charge in [0.05, 0.1) is 6.54 Å². The van der Waals surface area contributed by atoms with Gasteiger partial charge in [-0.05, 0) is 37.8 Å². The summed E-state index contributed by atoms with van der Waals surface area (Å²) in [5.74, 6) is 1.42. The summed E-state index contributed by atoms with van der Waals surface area (Å²) in [6, 6.07) is 11.1. The van der Waals surface area contributed by atoms with Crippen LogP contribution < -0.4 is 16.0 Å². The molecule has 1 atom stereocenters. The molecule has 1 saturated carbocycles. The first-order valence-electron chi connectivity index (χ1n) is 9.30. The lowest BCUT2D eigenvalue weighted by Crippen LogP contribution is -2.50. The number of nitrogens with zero attached hydrogens (tertiary/aromatic N) is 3. The Hall–Kier alpha value is -1.02. The number of nitrogens with two attached hydrogens (primary N) is 1. The van der Waals surface area contributed by atoms with Gasteiger partial charge in [-0.3, -0.25) is 9.89 Å². The molecule has 3 rings (SSSR count). The summed E-state index contributed by atoms with van der Waals surface area (Å²) < 4.78 is 0. The minimum absolute atomic E-state index is 0. The number of guanidine groups is 1. The SMILES string of the molecule is CC(CN=C(N)NCC1CCC1)N1CCN(c2ccccc2)CC1.I. The third-order valence-corrected chi connectivity index (χ3v) is 5.38. The van der Waals surface area contributed by atoms with Crippen molar-refractivity contribution in [2.75, 3.05) is 44.2 Å². The zero-order chi connectivity index (χ0) is 16.8. The molecule has 1 aromatic carbocycles. The van der Waals surface area contributed by atoms with Gasteiger partial charge in [0.15, 0.2) is 5.96 Å². The number of hydrogen-bond acceptors (Lipinski definition) is 3. The largest absolute Gasteiger partial charge is 0.370 e. The summed E-state index contributed by atoms with van der Waals surface area (Å²) in [5, 5.41) is 3.27. The molecule has 25 heavy (non-hydrogen) atoms. The number of hydrogen-bond donors (Lipinski definition) is 2. The van der Waals surface area contributed by atoms with Crippen molar-refractivity contribution >= 4 is 35.6 Å². The van der Waals surface area contributed by atoms with Crippen LogP contribution in [0.1, 0.15) is 26.2 Å². The van der Waals surface area contributed by atoms with Crippen LogP contribution in [0.4, 0.5) is 5.69 Å². The number of para-hydroxylation sites is 1. The van der Waals surface area contributed by atoms with Gasteiger partial charge >= 0.3 is 0 Å². The first-order valence-corrected chi connectivity index (χ1v) is 9.30. The lowest BCUT2D eigenvalue weighted by atomic mass is 9.85. The summed E-state index contributed by atoms with van der Waals surface area (Å²) in [4.78, 5) is 9.51. The summed E-state index contributed by atoms with van der Waals surface area (Å²) in [6.45, 7) is 8.33. The van der Waals surface area contributed by atoms with E-state index in [9.17, 15) is 0 Å². The second kappa shape index (κ2) is 10.2. The molecule has 1 aromatic rings. The van der Waals surface area contributed by atoms with Crippen LogP contribution in [0.2, 0.25) is 0 Å². The van der Waals surface area contributed by atoms with E-state index >= 15 is 0 Å². The molecule has 1 unspecified atom stereocenters. The highest BCUT2D eigenvalue weighted by Gasteiger charge is 2.21. The zero-order valence-electron chi connectivity index (χ0n) is 15.2. The average Bonchev–Trinajstić information content (AvgIpc) is 2.59. The number of nitrogens with one attached hydrogen (secondary N) is 1. The van der Waals surface area contributed by atoms with E-state index in [0.29, 0.717) is 12.0 Å². The molecule has 2 aliphatic rings. The Balaban J connectivity index is 0.00000225. The van der Waals surface area contributed by atoms with E-state index in [1.165, 1.54) is 24.9 Å². The van der Waals surface area contributed by atoms with Gasteiger partial charge in [0.25, 0.3) is 0 Å². The third-order valence-electron chi connectivity index (χ3n) is 5.38. The number of rotatable bonds is 6. The Kier molecular flexibility index (Phi) is 8.29. The molecular weight excluding hydrogens is 425 g/mol. The molecule has 5 nitrogen and oxygen atoms in total. The van der Waals surface area contributed by atoms with Crippen molar-refractivity contribution in [3.05, 3.63) is 30.3 Å². The van der Waals surface area contributed by atoms with E-state index in [1.54, 1.807) is 0 Å². The normalized spacial score (nSPS) is 20.5. The summed E-state index contributed by atoms with van der Waals surface area (Å²) >= 11 is 0. The lowest BCUT2D eigenvalue weighted by Gasteiger charge is -2.38. The average molecular weight is 457 g/mol. The first kappa shape index (κ1) is 20.3. The van der Waals surface area contributed by atoms with Gasteiger partial charge in [0.1, 0.15) is 0 Å². The van der Waals surface area contributed by atoms with E-state index in [-0.39, 0.29) is 24.0 Å². The van der Waals surface area contributed by atoms with Gasteiger partial charge < -0.3 is 16.0 Å². The third kappa shape index (κ3) is 6.02. The molecule has 0 bridgehead atoms. The number of piperazine rings is 1. The molecule has 0 radical (unpaired) electrons. The van der Waals surface area contributed by atoms with Crippen LogP contribution in [-0.2, 0) is 0 Å². The number of benzene rings is 1. The van der Waals surface area contributed by atoms with Crippen molar-refractivity contribution in [1.29, 1.82) is 0 Å². The molecule has 3 N–H and O–H groups in total. The lowest BCUT2D eigenvalue weighted by molar-refractivity contribution is 0.201. The Morgan fingerprint density at radius 2 is 1.88 bits per heavy atom. The van der Waals surface area contributed by atoms with Crippen LogP contribution in [0, 0.1) is 5.92 Å². The van der Waals surface area contributed by atoms with E-state index in [1.807, 2.05) is 0 Å². The topological polar surface area (TPSA) is 56.9 Å². The van der Waals surface area contributed by atoms with Gasteiger partial charge in [0.2, 0.25) is 0 Å². The van der Waals surface area contributed by atoms with Gasteiger partial charge in [0, 0.05) is 44.5 Å². The second-order valence-corrected chi connectivity index (χ2v) is 7.11. The number of halogens is 1. The van der Waals surface area contributed by atoms with Gasteiger partial charge in [-0.15, -0.1) is 24.0 Å². The maximum atomic E-state index is 5.99. The van der Waals surface area contributed by atoms with Crippen molar-refractivity contribution in [2.24, 2.45) is 16.6 Å². The fourth-order valence-corrected chi connectivity index (χ4v) is 3.41. The highest BCUT2D eigenvalue weighted by atomic mass is 127. The first-order chi connectivity index (χ1) is 11.7. The Morgan fingerprint density at radius 3 is 2.48 bits per heavy atom. The Labute approximate surface area is 169 Å². The number of anilines is 1. The molecule has 6 heteroatoms. The fourth-order valence-electron chi connectivity index (χ4n) is 3.41. The van der Waals surface area contributed by atoms with Crippen LogP contribution in [0.5, 0.6) is 0 Å². The maximum Gasteiger partial charge on any atom is 0.188 e. The summed E-state index contributed by atoms with van der Waals surface area (Å²) in [6.07, 6.45) is 4.04. The smallest absolute Gasteiger partial charge is 0.188 e. The molecule has 0 spiro atoms. The molecule has 140 valence electrons. The molecular formula is C19H32IN5. The summed E-state index contributed by atoms with van der Waals surface area (Å²) in [7, 11) is 0. The van der Waals surface area contributed by atoms with Gasteiger partial charge in [-0.1, -0.05) is 24.6 Å². The minimum atomic E-state index is 0. The van der Waals surface area contributed by atoms with E-state index in [4.69, 9.17) is 5.73 Å². The van der Waals surface area contributed by atoms with E-state index in [0.717, 1.165) is 45.2 Å². The molecule has 2 fully saturated rings. The minimum Gasteiger partial charge on any atom is -0.370 e. The van der Waals surface area contributed by atoms with Crippen molar-refractivity contribution in [3.8, 4) is 0 Å². The van der Waals surface area contributed by atoms with Crippen LogP contribution in [0.15, 0.2) is 35.3 Å². The van der Waals surface area contributed by atoms with Crippen LogP contribution in [-0.4, -0.2) is 56.2 Å². The zero-order valence-corrected chi connectivity index (χ0v) is 17.6. The molecule has 0 amide bonds. The van der Waals surface area contributed by atoms with Crippen LogP contribution >= 0.6 is 24.0 Å². The molecule has 1 heterocycles. The fraction of sp³-hybridized carbons (Fsp3) is 0.632. The summed E-state index contributed by atoms with van der Waals surface area (Å²) in [5.41, 5.74) is 7.31. The highest BCUT2D eigenvalue weighted by Crippen LogP contribution is 2.25. The Morgan fingerprint density at radius 1 is 1.20 bits per heavy atom. The van der Waals surface area contributed by atoms with E-state index in [2.05, 4.69) is 57.4 Å². The van der Waals surface area contributed by atoms with Crippen molar-refractivity contribution in [3.63, 3.8) is 0 Å². The van der Waals surface area contributed by atoms with Crippen molar-refractivity contribution in [1.82, 2.24) is 10.2 Å². The number of aliphatic imine (C=N–C) groups is 1. The molecule has 1 saturated heterocycles. The van der Waals surface area contributed by atoms with E-state index < -0.39 is 0 Å². The van der Waals surface area contributed by atoms with Gasteiger partial charge in [-0.2, -0.15) is 0 Å². The standard InChI is InChI=1S/C19H31N5.HI/c1-16(14-21-19(20)22-15-17-6-5-7-17)23-10-12-24(13-11-23)18-8-3-2-4-9-18;/h2-4,8-9,16-17H,5-7,10-15H2,1H3,(H3,20,21,22);1H. The predicted molar refractivity (Wildman–Crippen MR) is 117 cm³/mol. The molecule has 0 aromatic heterocycles. The molecule has 1 aliphatic carbocycles. The monoisotopic (exact) mass is 457 g/mol. The quantitative estimate of drug-likeness (QED) is 0.392. The van der Waals surface area contributed by atoms with Crippen LogP contribution in [0.25, 0.3) is 0 Å². The van der Waals surface area contributed by atoms with Crippen LogP contribution in [0.3, 0.4) is 0 Å². The van der Waals surface area contributed by atoms with Crippen molar-refractivity contribution < 1.29 is 0 Å². The molecule has 1 aliphatic heterocycles. The predicted octanol–water partition coefficient (Wildman–Crippen LogP) is 2.52. The van der Waals surface area contributed by atoms with Crippen molar-refractivity contribution in [2.45, 2.75) is 32.2 Å².